The molecule has 2 fully saturated rings. The monoisotopic (exact) mass is 377 g/mol. The smallest absolute Gasteiger partial charge is 0.0575 e. The quantitative estimate of drug-likeness (QED) is 0.622. The third-order valence-electron chi connectivity index (χ3n) is 6.94. The van der Waals surface area contributed by atoms with Crippen LogP contribution in [0.4, 0.5) is 0 Å². The first kappa shape index (κ1) is 19.7. The van der Waals surface area contributed by atoms with Gasteiger partial charge in [-0.05, 0) is 67.5 Å². The Kier molecular flexibility index (Phi) is 6.82. The number of rotatable bonds is 6. The van der Waals surface area contributed by atoms with E-state index in [1.807, 2.05) is 0 Å². The molecule has 2 heteroatoms. The van der Waals surface area contributed by atoms with E-state index in [-0.39, 0.29) is 0 Å². The predicted octanol–water partition coefficient (Wildman–Crippen LogP) is 5.89. The van der Waals surface area contributed by atoms with Crippen molar-refractivity contribution in [2.45, 2.75) is 57.6 Å². The molecule has 0 radical (unpaired) electrons. The van der Waals surface area contributed by atoms with Crippen LogP contribution in [0.1, 0.15) is 56.1 Å². The average Bonchev–Trinajstić information content (AvgIpc) is 2.76. The number of hydrogen-bond acceptors (Lipinski definition) is 2. The molecule has 1 unspecified atom stereocenters. The molecule has 2 aliphatic rings. The van der Waals surface area contributed by atoms with E-state index in [0.717, 1.165) is 25.0 Å². The maximum absolute atomic E-state index is 6.45. The Hall–Kier alpha value is -1.64. The van der Waals surface area contributed by atoms with Crippen molar-refractivity contribution in [2.24, 2.45) is 11.8 Å². The van der Waals surface area contributed by atoms with Gasteiger partial charge in [0.2, 0.25) is 0 Å². The Bertz CT molecular complexity index is 693. The highest BCUT2D eigenvalue weighted by Crippen LogP contribution is 2.34. The van der Waals surface area contributed by atoms with E-state index >= 15 is 0 Å². The van der Waals surface area contributed by atoms with Gasteiger partial charge in [0.15, 0.2) is 0 Å². The SMILES string of the molecule is CC1CCN(Cc2ccccc2)C[C@H]1CO[C@H]1CC[C@@H](c2ccccc2)CC1. The van der Waals surface area contributed by atoms with Gasteiger partial charge in [-0.3, -0.25) is 4.90 Å². The Morgan fingerprint density at radius 1 is 0.857 bits per heavy atom. The van der Waals surface area contributed by atoms with Gasteiger partial charge in [-0.1, -0.05) is 67.6 Å². The second-order valence-electron chi connectivity index (χ2n) is 8.96. The lowest BCUT2D eigenvalue weighted by atomic mass is 9.82. The van der Waals surface area contributed by atoms with Crippen LogP contribution in [-0.4, -0.2) is 30.7 Å². The summed E-state index contributed by atoms with van der Waals surface area (Å²) in [4.78, 5) is 2.62. The Labute approximate surface area is 170 Å². The summed E-state index contributed by atoms with van der Waals surface area (Å²) in [7, 11) is 0. The van der Waals surface area contributed by atoms with E-state index in [2.05, 4.69) is 72.5 Å². The largest absolute Gasteiger partial charge is 0.378 e. The van der Waals surface area contributed by atoms with Crippen LogP contribution in [0.5, 0.6) is 0 Å². The molecule has 2 aromatic carbocycles. The molecule has 0 N–H and O–H groups in total. The fraction of sp³-hybridized carbons (Fsp3) is 0.538. The molecule has 28 heavy (non-hydrogen) atoms. The van der Waals surface area contributed by atoms with Gasteiger partial charge < -0.3 is 4.74 Å². The van der Waals surface area contributed by atoms with E-state index in [1.54, 1.807) is 0 Å². The number of ether oxygens (including phenoxy) is 1. The van der Waals surface area contributed by atoms with Gasteiger partial charge in [0.25, 0.3) is 0 Å². The predicted molar refractivity (Wildman–Crippen MR) is 116 cm³/mol. The first-order valence-corrected chi connectivity index (χ1v) is 11.2. The molecule has 2 aromatic rings. The molecule has 4 rings (SSSR count). The topological polar surface area (TPSA) is 12.5 Å². The van der Waals surface area contributed by atoms with Crippen molar-refractivity contribution in [3.63, 3.8) is 0 Å². The second kappa shape index (κ2) is 9.71. The zero-order valence-corrected chi connectivity index (χ0v) is 17.3. The molecule has 1 heterocycles. The summed E-state index contributed by atoms with van der Waals surface area (Å²) in [5, 5.41) is 0. The zero-order chi connectivity index (χ0) is 19.2. The fourth-order valence-corrected chi connectivity index (χ4v) is 4.97. The molecule has 0 aromatic heterocycles. The Morgan fingerprint density at radius 3 is 2.25 bits per heavy atom. The highest BCUT2D eigenvalue weighted by Gasteiger charge is 2.28. The molecule has 2 nitrogen and oxygen atoms in total. The maximum atomic E-state index is 6.45. The van der Waals surface area contributed by atoms with Gasteiger partial charge in [0.1, 0.15) is 0 Å². The third-order valence-corrected chi connectivity index (χ3v) is 6.94. The molecule has 150 valence electrons. The van der Waals surface area contributed by atoms with Crippen LogP contribution in [0, 0.1) is 11.8 Å². The van der Waals surface area contributed by atoms with Crippen LogP contribution in [0.2, 0.25) is 0 Å². The molecule has 1 saturated heterocycles. The number of piperidine rings is 1. The highest BCUT2D eigenvalue weighted by molar-refractivity contribution is 5.20. The van der Waals surface area contributed by atoms with Crippen LogP contribution >= 0.6 is 0 Å². The van der Waals surface area contributed by atoms with Crippen molar-refractivity contribution in [3.8, 4) is 0 Å². The summed E-state index contributed by atoms with van der Waals surface area (Å²) in [6.07, 6.45) is 6.74. The van der Waals surface area contributed by atoms with Gasteiger partial charge in [0.05, 0.1) is 12.7 Å². The van der Waals surface area contributed by atoms with E-state index < -0.39 is 0 Å². The minimum absolute atomic E-state index is 0.469. The van der Waals surface area contributed by atoms with Gasteiger partial charge in [-0.2, -0.15) is 0 Å². The molecule has 1 saturated carbocycles. The summed E-state index contributed by atoms with van der Waals surface area (Å²) in [6.45, 7) is 6.82. The summed E-state index contributed by atoms with van der Waals surface area (Å²) in [5.41, 5.74) is 2.94. The molecule has 0 amide bonds. The van der Waals surface area contributed by atoms with Crippen molar-refractivity contribution in [2.75, 3.05) is 19.7 Å². The van der Waals surface area contributed by atoms with E-state index in [4.69, 9.17) is 4.74 Å². The number of nitrogens with zero attached hydrogens (tertiary/aromatic N) is 1. The van der Waals surface area contributed by atoms with Gasteiger partial charge in [-0.15, -0.1) is 0 Å². The van der Waals surface area contributed by atoms with Gasteiger partial charge >= 0.3 is 0 Å². The van der Waals surface area contributed by atoms with Crippen LogP contribution in [0.3, 0.4) is 0 Å². The van der Waals surface area contributed by atoms with E-state index in [0.29, 0.717) is 12.0 Å². The van der Waals surface area contributed by atoms with Crippen LogP contribution in [0.15, 0.2) is 60.7 Å². The van der Waals surface area contributed by atoms with E-state index in [1.165, 1.54) is 56.3 Å². The number of benzene rings is 2. The third kappa shape index (κ3) is 5.24. The standard InChI is InChI=1S/C26H35NO/c1-21-16-17-27(18-22-8-4-2-5-9-22)19-25(21)20-28-26-14-12-24(13-15-26)23-10-6-3-7-11-23/h2-11,21,24-26H,12-20H2,1H3/t21?,24-,25-,26+/m0/s1. The Morgan fingerprint density at radius 2 is 1.54 bits per heavy atom. The first-order valence-electron chi connectivity index (χ1n) is 11.2. The van der Waals surface area contributed by atoms with Crippen LogP contribution in [-0.2, 0) is 11.3 Å². The molecule has 0 spiro atoms. The van der Waals surface area contributed by atoms with Gasteiger partial charge in [0, 0.05) is 13.1 Å². The zero-order valence-electron chi connectivity index (χ0n) is 17.3. The van der Waals surface area contributed by atoms with Crippen molar-refractivity contribution in [3.05, 3.63) is 71.8 Å². The van der Waals surface area contributed by atoms with Crippen molar-refractivity contribution in [1.29, 1.82) is 0 Å². The lowest BCUT2D eigenvalue weighted by Crippen LogP contribution is -2.41. The average molecular weight is 378 g/mol. The highest BCUT2D eigenvalue weighted by atomic mass is 16.5. The minimum atomic E-state index is 0.469. The Balaban J connectivity index is 1.23. The molecule has 2 atom stereocenters. The minimum Gasteiger partial charge on any atom is -0.378 e. The van der Waals surface area contributed by atoms with Crippen molar-refractivity contribution < 1.29 is 4.74 Å². The van der Waals surface area contributed by atoms with Crippen molar-refractivity contribution in [1.82, 2.24) is 4.90 Å². The van der Waals surface area contributed by atoms with Crippen LogP contribution < -0.4 is 0 Å². The molecular weight excluding hydrogens is 342 g/mol. The summed E-state index contributed by atoms with van der Waals surface area (Å²) >= 11 is 0. The number of likely N-dealkylation sites (tertiary alicyclic amines) is 1. The maximum Gasteiger partial charge on any atom is 0.0575 e. The summed E-state index contributed by atoms with van der Waals surface area (Å²) in [5.74, 6) is 2.17. The fourth-order valence-electron chi connectivity index (χ4n) is 4.97. The molecule has 1 aliphatic heterocycles. The lowest BCUT2D eigenvalue weighted by molar-refractivity contribution is -0.0250. The van der Waals surface area contributed by atoms with E-state index in [9.17, 15) is 0 Å². The summed E-state index contributed by atoms with van der Waals surface area (Å²) in [6, 6.07) is 21.9. The van der Waals surface area contributed by atoms with Gasteiger partial charge in [-0.25, -0.2) is 0 Å². The molecular formula is C26H35NO. The lowest BCUT2D eigenvalue weighted by Gasteiger charge is -2.38. The second-order valence-corrected chi connectivity index (χ2v) is 8.96. The van der Waals surface area contributed by atoms with Crippen LogP contribution in [0.25, 0.3) is 0 Å². The first-order chi connectivity index (χ1) is 13.8. The normalized spacial score (nSPS) is 28.9. The molecule has 0 bridgehead atoms. The molecule has 1 aliphatic carbocycles. The summed E-state index contributed by atoms with van der Waals surface area (Å²) < 4.78 is 6.45. The number of hydrogen-bond donors (Lipinski definition) is 0. The van der Waals surface area contributed by atoms with Crippen molar-refractivity contribution >= 4 is 0 Å².